The van der Waals surface area contributed by atoms with Crippen molar-refractivity contribution >= 4 is 16.8 Å². The Balaban J connectivity index is 1.37. The van der Waals surface area contributed by atoms with Crippen molar-refractivity contribution in [2.45, 2.75) is 38.0 Å². The van der Waals surface area contributed by atoms with Gasteiger partial charge in [0.2, 0.25) is 0 Å². The van der Waals surface area contributed by atoms with Crippen LogP contribution in [-0.2, 0) is 12.8 Å². The second kappa shape index (κ2) is 5.79. The highest BCUT2D eigenvalue weighted by atomic mass is 19.1. The minimum absolute atomic E-state index is 0.289. The molecule has 1 fully saturated rings. The van der Waals surface area contributed by atoms with Gasteiger partial charge in [-0.15, -0.1) is 0 Å². The van der Waals surface area contributed by atoms with E-state index < -0.39 is 0 Å². The van der Waals surface area contributed by atoms with Crippen LogP contribution in [0.1, 0.15) is 42.1 Å². The van der Waals surface area contributed by atoms with Crippen LogP contribution in [0.5, 0.6) is 0 Å². The molecule has 1 saturated heterocycles. The monoisotopic (exact) mass is 338 g/mol. The molecule has 2 aliphatic rings. The molecule has 25 heavy (non-hydrogen) atoms. The maximum Gasteiger partial charge on any atom is 0.170 e. The van der Waals surface area contributed by atoms with Gasteiger partial charge in [0.25, 0.3) is 0 Å². The van der Waals surface area contributed by atoms with Crippen LogP contribution < -0.4 is 4.90 Å². The summed E-state index contributed by atoms with van der Waals surface area (Å²) < 4.78 is 18.7. The predicted octanol–water partition coefficient (Wildman–Crippen LogP) is 3.63. The number of halogens is 1. The van der Waals surface area contributed by atoms with Crippen molar-refractivity contribution in [3.05, 3.63) is 47.3 Å². The van der Waals surface area contributed by atoms with Crippen molar-refractivity contribution in [3.63, 3.8) is 0 Å². The fourth-order valence-electron chi connectivity index (χ4n) is 4.20. The van der Waals surface area contributed by atoms with E-state index in [9.17, 15) is 4.39 Å². The number of piperidine rings is 1. The van der Waals surface area contributed by atoms with Gasteiger partial charge in [-0.3, -0.25) is 0 Å². The number of rotatable bonds is 2. The fourth-order valence-corrected chi connectivity index (χ4v) is 4.20. The highest BCUT2D eigenvalue weighted by Gasteiger charge is 2.28. The van der Waals surface area contributed by atoms with Crippen LogP contribution in [0, 0.1) is 5.82 Å². The minimum atomic E-state index is -0.289. The summed E-state index contributed by atoms with van der Waals surface area (Å²) in [7, 11) is 0. The molecule has 5 rings (SSSR count). The number of hydrogen-bond donors (Lipinski definition) is 0. The molecule has 3 aromatic rings. The van der Waals surface area contributed by atoms with E-state index in [0.717, 1.165) is 55.7 Å². The molecular formula is C19H19FN4O. The molecule has 0 bridgehead atoms. The summed E-state index contributed by atoms with van der Waals surface area (Å²) in [5.41, 5.74) is 4.05. The van der Waals surface area contributed by atoms with Gasteiger partial charge in [0.15, 0.2) is 5.58 Å². The third-order valence-electron chi connectivity index (χ3n) is 5.50. The van der Waals surface area contributed by atoms with Gasteiger partial charge in [0.05, 0.1) is 5.69 Å². The Morgan fingerprint density at radius 1 is 1.12 bits per heavy atom. The van der Waals surface area contributed by atoms with Crippen LogP contribution in [0.25, 0.3) is 11.0 Å². The fraction of sp³-hybridized carbons (Fsp3) is 0.421. The van der Waals surface area contributed by atoms with Crippen molar-refractivity contribution in [1.29, 1.82) is 0 Å². The van der Waals surface area contributed by atoms with Crippen LogP contribution in [0.3, 0.4) is 0 Å². The first-order valence-electron chi connectivity index (χ1n) is 8.92. The van der Waals surface area contributed by atoms with Gasteiger partial charge in [0, 0.05) is 41.7 Å². The Hall–Kier alpha value is -2.50. The Morgan fingerprint density at radius 2 is 2.00 bits per heavy atom. The Bertz CT molecular complexity index is 930. The molecule has 0 N–H and O–H groups in total. The lowest BCUT2D eigenvalue weighted by Crippen LogP contribution is -2.34. The highest BCUT2D eigenvalue weighted by Crippen LogP contribution is 2.35. The lowest BCUT2D eigenvalue weighted by Gasteiger charge is -2.33. The number of benzene rings is 1. The molecule has 0 unspecified atom stereocenters. The van der Waals surface area contributed by atoms with Crippen molar-refractivity contribution in [2.24, 2.45) is 0 Å². The van der Waals surface area contributed by atoms with Crippen LogP contribution in [-0.4, -0.2) is 28.2 Å². The third-order valence-corrected chi connectivity index (χ3v) is 5.50. The molecule has 6 heteroatoms. The van der Waals surface area contributed by atoms with Gasteiger partial charge < -0.3 is 9.42 Å². The van der Waals surface area contributed by atoms with Gasteiger partial charge in [-0.1, -0.05) is 5.16 Å². The molecule has 2 aromatic heterocycles. The molecule has 1 aromatic carbocycles. The van der Waals surface area contributed by atoms with E-state index >= 15 is 0 Å². The van der Waals surface area contributed by atoms with Crippen LogP contribution >= 0.6 is 0 Å². The maximum absolute atomic E-state index is 13.3. The predicted molar refractivity (Wildman–Crippen MR) is 92.2 cm³/mol. The molecule has 0 saturated carbocycles. The zero-order chi connectivity index (χ0) is 16.8. The summed E-state index contributed by atoms with van der Waals surface area (Å²) in [5, 5.41) is 5.16. The standard InChI is InChI=1S/C19H19FN4O/c20-13-4-5-15-17(10-13)25-23-18(15)12-6-8-24(9-7-12)19-14-2-1-3-16(14)21-11-22-19/h4-5,10-12H,1-3,6-9H2. The van der Waals surface area contributed by atoms with Crippen molar-refractivity contribution in [1.82, 2.24) is 15.1 Å². The molecule has 0 spiro atoms. The van der Waals surface area contributed by atoms with E-state index in [1.807, 2.05) is 0 Å². The molecule has 1 aliphatic heterocycles. The first-order valence-corrected chi connectivity index (χ1v) is 8.92. The Kier molecular flexibility index (Phi) is 3.43. The number of aromatic nitrogens is 3. The Morgan fingerprint density at radius 3 is 2.88 bits per heavy atom. The van der Waals surface area contributed by atoms with Gasteiger partial charge in [0.1, 0.15) is 18.0 Å². The summed E-state index contributed by atoms with van der Waals surface area (Å²) >= 11 is 0. The van der Waals surface area contributed by atoms with Crippen molar-refractivity contribution in [3.8, 4) is 0 Å². The number of nitrogens with zero attached hydrogens (tertiary/aromatic N) is 4. The third kappa shape index (κ3) is 2.47. The molecule has 0 amide bonds. The van der Waals surface area contributed by atoms with E-state index in [-0.39, 0.29) is 5.82 Å². The van der Waals surface area contributed by atoms with E-state index in [2.05, 4.69) is 20.0 Å². The zero-order valence-electron chi connectivity index (χ0n) is 13.9. The largest absolute Gasteiger partial charge is 0.356 e. The topological polar surface area (TPSA) is 55.1 Å². The summed E-state index contributed by atoms with van der Waals surface area (Å²) in [5.74, 6) is 1.17. The van der Waals surface area contributed by atoms with E-state index in [0.29, 0.717) is 11.5 Å². The molecule has 128 valence electrons. The first kappa shape index (κ1) is 14.8. The summed E-state index contributed by atoms with van der Waals surface area (Å²) in [4.78, 5) is 11.4. The normalized spacial score (nSPS) is 18.0. The van der Waals surface area contributed by atoms with Crippen LogP contribution in [0.15, 0.2) is 29.0 Å². The lowest BCUT2D eigenvalue weighted by atomic mass is 9.91. The van der Waals surface area contributed by atoms with Gasteiger partial charge >= 0.3 is 0 Å². The molecule has 0 radical (unpaired) electrons. The van der Waals surface area contributed by atoms with Crippen molar-refractivity contribution < 1.29 is 8.91 Å². The molecule has 5 nitrogen and oxygen atoms in total. The second-order valence-electron chi connectivity index (χ2n) is 6.95. The lowest BCUT2D eigenvalue weighted by molar-refractivity contribution is 0.415. The maximum atomic E-state index is 13.3. The van der Waals surface area contributed by atoms with Gasteiger partial charge in [-0.2, -0.15) is 0 Å². The molecule has 3 heterocycles. The average molecular weight is 338 g/mol. The van der Waals surface area contributed by atoms with Gasteiger partial charge in [-0.05, 0) is 44.2 Å². The SMILES string of the molecule is Fc1ccc2c(C3CCN(c4ncnc5c4CCC5)CC3)noc2c1. The number of fused-ring (bicyclic) bond motifs is 2. The van der Waals surface area contributed by atoms with Crippen LogP contribution in [0.4, 0.5) is 10.2 Å². The zero-order valence-corrected chi connectivity index (χ0v) is 13.9. The van der Waals surface area contributed by atoms with E-state index in [1.165, 1.54) is 29.8 Å². The second-order valence-corrected chi connectivity index (χ2v) is 6.95. The summed E-state index contributed by atoms with van der Waals surface area (Å²) in [6, 6.07) is 4.66. The minimum Gasteiger partial charge on any atom is -0.356 e. The smallest absolute Gasteiger partial charge is 0.170 e. The summed E-state index contributed by atoms with van der Waals surface area (Å²) in [6.45, 7) is 1.90. The first-order chi connectivity index (χ1) is 12.3. The van der Waals surface area contributed by atoms with E-state index in [1.54, 1.807) is 12.4 Å². The molecule has 1 aliphatic carbocycles. The summed E-state index contributed by atoms with van der Waals surface area (Å²) in [6.07, 6.45) is 7.04. The van der Waals surface area contributed by atoms with Gasteiger partial charge in [-0.25, -0.2) is 14.4 Å². The van der Waals surface area contributed by atoms with Crippen molar-refractivity contribution in [2.75, 3.05) is 18.0 Å². The Labute approximate surface area is 144 Å². The quantitative estimate of drug-likeness (QED) is 0.714. The van der Waals surface area contributed by atoms with Crippen LogP contribution in [0.2, 0.25) is 0 Å². The molecule has 0 atom stereocenters. The number of hydrogen-bond acceptors (Lipinski definition) is 5. The number of anilines is 1. The highest BCUT2D eigenvalue weighted by molar-refractivity contribution is 5.80. The number of aryl methyl sites for hydroxylation is 1. The molecular weight excluding hydrogens is 319 g/mol. The van der Waals surface area contributed by atoms with E-state index in [4.69, 9.17) is 4.52 Å². The average Bonchev–Trinajstić information content (AvgIpc) is 3.28.